The third-order valence-corrected chi connectivity index (χ3v) is 16.0. The van der Waals surface area contributed by atoms with Crippen molar-refractivity contribution >= 4 is 78.2 Å². The zero-order valence-corrected chi connectivity index (χ0v) is 47.9. The van der Waals surface area contributed by atoms with Crippen LogP contribution in [0.5, 0.6) is 0 Å². The Bertz CT molecular complexity index is 2000. The predicted molar refractivity (Wildman–Crippen MR) is 240 cm³/mol. The second-order valence-corrected chi connectivity index (χ2v) is 27.3. The molecule has 0 aliphatic carbocycles. The van der Waals surface area contributed by atoms with E-state index < -0.39 is 216 Å². The van der Waals surface area contributed by atoms with Gasteiger partial charge < -0.3 is 64.0 Å². The Morgan fingerprint density at radius 3 is 0.605 bits per heavy atom. The Balaban J connectivity index is 4.31. The second-order valence-electron chi connectivity index (χ2n) is 13.2. The van der Waals surface area contributed by atoms with Crippen LogP contribution in [0.3, 0.4) is 0 Å². The van der Waals surface area contributed by atoms with E-state index in [-0.39, 0.29) is 6.54 Å². The van der Waals surface area contributed by atoms with Crippen molar-refractivity contribution in [2.45, 2.75) is 0 Å². The summed E-state index contributed by atoms with van der Waals surface area (Å²) in [4.78, 5) is 112. The van der Waals surface area contributed by atoms with Crippen molar-refractivity contribution in [2.24, 2.45) is 11.8 Å². The van der Waals surface area contributed by atoms with Gasteiger partial charge in [0, 0.05) is 24.9 Å². The minimum atomic E-state index is -4.98. The van der Waals surface area contributed by atoms with E-state index in [1.807, 2.05) is 0 Å². The monoisotopic (exact) mass is 1330 g/mol. The fourth-order valence-electron chi connectivity index (χ4n) is 3.97. The molecule has 0 aliphatic heterocycles. The average molecular weight is 1330 g/mol. The van der Waals surface area contributed by atoms with E-state index in [1.54, 1.807) is 0 Å². The molecule has 0 aromatic heterocycles. The Labute approximate surface area is 429 Å². The van der Waals surface area contributed by atoms with Crippen molar-refractivity contribution in [3.8, 4) is 0 Å². The molecule has 0 amide bonds. The maximum absolute atomic E-state index is 12.4. The van der Waals surface area contributed by atoms with Crippen LogP contribution in [0.4, 0.5) is 4.48 Å². The summed E-state index contributed by atoms with van der Waals surface area (Å²) in [5.41, 5.74) is 1.14. The maximum atomic E-state index is 12.4. The van der Waals surface area contributed by atoms with E-state index in [9.17, 15) is 89.3 Å². The lowest BCUT2D eigenvalue weighted by Gasteiger charge is -2.19. The van der Waals surface area contributed by atoms with Gasteiger partial charge in [0.25, 0.3) is 0 Å². The number of hydrogen-bond donors (Lipinski definition) is 14. The molecule has 458 valence electrons. The highest BCUT2D eigenvalue weighted by atomic mass is 31.2. The summed E-state index contributed by atoms with van der Waals surface area (Å²) in [7, 11) is -47.8. The molecule has 0 bridgehead atoms. The van der Waals surface area contributed by atoms with E-state index in [0.717, 1.165) is 5.54 Å². The summed E-state index contributed by atoms with van der Waals surface area (Å²) in [6.45, 7) is -15.9. The highest BCUT2D eigenvalue weighted by Gasteiger charge is 2.31. The highest BCUT2D eigenvalue weighted by molar-refractivity contribution is 7.49. The van der Waals surface area contributed by atoms with Crippen molar-refractivity contribution in [3.63, 3.8) is 0 Å². The molecule has 0 heterocycles. The molecule has 42 nitrogen and oxygen atoms in total. The first kappa shape index (κ1) is 77.0. The smallest absolute Gasteiger partial charge is 0.319 e. The Morgan fingerprint density at radius 1 is 0.289 bits per heavy atom. The van der Waals surface area contributed by atoms with Crippen molar-refractivity contribution in [1.82, 2.24) is 10.9 Å². The van der Waals surface area contributed by atoms with E-state index in [0.29, 0.717) is 0 Å². The molecular formula is C23H59FN2O40P10. The predicted octanol–water partition coefficient (Wildman–Crippen LogP) is 0.200. The van der Waals surface area contributed by atoms with Gasteiger partial charge in [0.1, 0.15) is 0 Å². The average Bonchev–Trinajstić information content (AvgIpc) is 3.27. The summed E-state index contributed by atoms with van der Waals surface area (Å²) in [6, 6.07) is 0. The van der Waals surface area contributed by atoms with Gasteiger partial charge in [-0.3, -0.25) is 81.4 Å². The molecule has 14 N–H and O–H groups in total. The van der Waals surface area contributed by atoms with Crippen molar-refractivity contribution in [2.75, 3.05) is 139 Å². The fraction of sp³-hybridized carbons (Fsp3) is 1.00. The van der Waals surface area contributed by atoms with Crippen LogP contribution >= 0.6 is 78.2 Å². The van der Waals surface area contributed by atoms with E-state index in [1.165, 1.54) is 7.05 Å². The molecule has 0 aromatic carbocycles. The number of nitrogens with one attached hydrogen (secondary N) is 2. The lowest BCUT2D eigenvalue weighted by molar-refractivity contribution is 0.0698. The van der Waals surface area contributed by atoms with Gasteiger partial charge in [-0.15, -0.1) is 4.48 Å². The van der Waals surface area contributed by atoms with Crippen molar-refractivity contribution in [3.05, 3.63) is 0 Å². The van der Waals surface area contributed by atoms with Crippen LogP contribution in [-0.2, 0) is 127 Å². The van der Waals surface area contributed by atoms with Crippen LogP contribution in [0, 0.1) is 11.8 Å². The summed E-state index contributed by atoms with van der Waals surface area (Å²) in [6.07, 6.45) is 0. The summed E-state index contributed by atoms with van der Waals surface area (Å²) in [5.74, 6) is -2.01. The van der Waals surface area contributed by atoms with Gasteiger partial charge in [-0.25, -0.2) is 45.7 Å². The van der Waals surface area contributed by atoms with Crippen LogP contribution in [0.25, 0.3) is 0 Å². The molecule has 0 fully saturated rings. The quantitative estimate of drug-likeness (QED) is 0.0220. The molecule has 0 saturated carbocycles. The minimum Gasteiger partial charge on any atom is -0.319 e. The van der Waals surface area contributed by atoms with Crippen LogP contribution in [0.15, 0.2) is 0 Å². The van der Waals surface area contributed by atoms with Gasteiger partial charge in [0.15, 0.2) is 0 Å². The zero-order chi connectivity index (χ0) is 58.4. The first-order valence-electron chi connectivity index (χ1n) is 20.1. The summed E-state index contributed by atoms with van der Waals surface area (Å²) >= 11 is 0. The minimum absolute atomic E-state index is 0.0403. The molecule has 53 heteroatoms. The topological polar surface area (TPSA) is 604 Å². The van der Waals surface area contributed by atoms with E-state index in [4.69, 9.17) is 24.1 Å². The molecule has 10 unspecified atom stereocenters. The SMILES string of the molecule is CNCC(COP(=O)(O)O)COP(=O)(O)OCCOP(=O)(O)OCCOP(=O)(O)OCCOP(=O)(O)OCCOP(=O)(O)OCCOP(=O)(O)OCCOP(=O)(O)OCCOP(=O)(O)OCC(CNF)COP(=O)(O)O. The zero-order valence-electron chi connectivity index (χ0n) is 38.9. The third kappa shape index (κ3) is 46.4. The molecule has 0 radical (unpaired) electrons. The van der Waals surface area contributed by atoms with Crippen LogP contribution < -0.4 is 10.9 Å². The number of rotatable bonds is 51. The van der Waals surface area contributed by atoms with Gasteiger partial charge in [-0.2, -0.15) is 5.54 Å². The molecular weight excluding hydrogens is 1270 g/mol. The van der Waals surface area contributed by atoms with E-state index in [2.05, 4.69) is 82.2 Å². The number of halogens is 1. The summed E-state index contributed by atoms with van der Waals surface area (Å²) in [5, 5.41) is 2.64. The maximum Gasteiger partial charge on any atom is 0.472 e. The highest BCUT2D eigenvalue weighted by Crippen LogP contribution is 2.51. The molecule has 0 saturated heterocycles. The summed E-state index contributed by atoms with van der Waals surface area (Å²) < 4.78 is 210. The Morgan fingerprint density at radius 2 is 0.447 bits per heavy atom. The fourth-order valence-corrected chi connectivity index (χ4v) is 10.4. The normalized spacial score (nSPS) is 19.9. The van der Waals surface area contributed by atoms with Crippen molar-refractivity contribution in [1.29, 1.82) is 0 Å². The Hall–Kier alpha value is 0.950. The van der Waals surface area contributed by atoms with Gasteiger partial charge in [-0.1, -0.05) is 0 Å². The number of phosphoric ester groups is 10. The largest absolute Gasteiger partial charge is 0.472 e. The lowest BCUT2D eigenvalue weighted by Crippen LogP contribution is -2.26. The Kier molecular flexibility index (Phi) is 37.8. The van der Waals surface area contributed by atoms with Crippen LogP contribution in [0.1, 0.15) is 0 Å². The molecule has 0 rings (SSSR count). The van der Waals surface area contributed by atoms with Crippen LogP contribution in [-0.4, -0.2) is 198 Å². The molecule has 0 aromatic rings. The molecule has 10 atom stereocenters. The number of hydrogen-bond acceptors (Lipinski definition) is 30. The van der Waals surface area contributed by atoms with Crippen molar-refractivity contribution < 1.29 is 190 Å². The van der Waals surface area contributed by atoms with Gasteiger partial charge in [0.2, 0.25) is 0 Å². The van der Waals surface area contributed by atoms with E-state index >= 15 is 0 Å². The second kappa shape index (κ2) is 37.3. The first-order valence-corrected chi connectivity index (χ1v) is 35.1. The molecule has 0 spiro atoms. The third-order valence-electron chi connectivity index (χ3n) is 6.91. The first-order chi connectivity index (χ1) is 34.7. The molecule has 76 heavy (non-hydrogen) atoms. The standard InChI is InChI=1S/C23H59FN2O40P10/c1-25-16-22(18-63-67(27,28)29)20-65-75(45,46)61-14-12-59-73(41,42)57-10-8-55-71(37,38)53-6-4-51-69(33,34)49-2-3-50-70(35,36)52-5-7-54-72(39,40)56-9-11-58-74(43,44)60-13-15-62-76(47,48)66-21-23(17-26-24)19-64-68(30,31)32/h22-23,25-26H,2-21H2,1H3,(H,33,34)(H,35,36)(H,37,38)(H,39,40)(H,41,42)(H,43,44)(H,45,46)(H,47,48)(H2,27,28,29)(H2,30,31,32). The van der Waals surface area contributed by atoms with Gasteiger partial charge in [0.05, 0.1) is 119 Å². The molecule has 0 aliphatic rings. The van der Waals surface area contributed by atoms with Gasteiger partial charge >= 0.3 is 78.2 Å². The lowest BCUT2D eigenvalue weighted by atomic mass is 10.2. The van der Waals surface area contributed by atoms with Crippen LogP contribution in [0.2, 0.25) is 0 Å². The van der Waals surface area contributed by atoms with Gasteiger partial charge in [-0.05, 0) is 7.05 Å². The number of phosphoric acid groups is 10.